The van der Waals surface area contributed by atoms with Crippen LogP contribution in [0.2, 0.25) is 0 Å². The minimum absolute atomic E-state index is 0.106. The molecule has 1 atom stereocenters. The first-order valence-corrected chi connectivity index (χ1v) is 6.80. The van der Waals surface area contributed by atoms with Gasteiger partial charge in [-0.3, -0.25) is 4.90 Å². The van der Waals surface area contributed by atoms with E-state index in [0.717, 1.165) is 30.8 Å². The fourth-order valence-corrected chi connectivity index (χ4v) is 2.57. The minimum Gasteiger partial charge on any atom is -0.323 e. The molecule has 0 saturated carbocycles. The molecule has 2 amide bonds. The van der Waals surface area contributed by atoms with Gasteiger partial charge >= 0.3 is 6.03 Å². The summed E-state index contributed by atoms with van der Waals surface area (Å²) in [4.78, 5) is 16.1. The molecule has 4 nitrogen and oxygen atoms in total. The van der Waals surface area contributed by atoms with Gasteiger partial charge in [-0.15, -0.1) is 0 Å². The Hall–Kier alpha value is -1.55. The Morgan fingerprint density at radius 2 is 2.11 bits per heavy atom. The molecule has 2 rings (SSSR count). The smallest absolute Gasteiger partial charge is 0.323 e. The molecular formula is C15H23N3O. The van der Waals surface area contributed by atoms with Gasteiger partial charge in [-0.1, -0.05) is 12.1 Å². The Kier molecular flexibility index (Phi) is 4.10. The summed E-state index contributed by atoms with van der Waals surface area (Å²) in [5.41, 5.74) is 3.39. The minimum atomic E-state index is 0.106. The molecule has 0 aromatic heterocycles. The van der Waals surface area contributed by atoms with Gasteiger partial charge in [0.2, 0.25) is 0 Å². The van der Waals surface area contributed by atoms with Crippen LogP contribution in [0.25, 0.3) is 0 Å². The third kappa shape index (κ3) is 2.73. The van der Waals surface area contributed by atoms with Crippen LogP contribution in [0, 0.1) is 13.8 Å². The topological polar surface area (TPSA) is 35.6 Å². The normalized spacial score (nSPS) is 19.4. The zero-order valence-corrected chi connectivity index (χ0v) is 12.2. The van der Waals surface area contributed by atoms with E-state index < -0.39 is 0 Å². The fourth-order valence-electron chi connectivity index (χ4n) is 2.57. The SMILES string of the molecule is CNCCC1CN(c2cc(C)ccc2C)C(=O)N1C. The Bertz CT molecular complexity index is 472. The van der Waals surface area contributed by atoms with E-state index in [-0.39, 0.29) is 6.03 Å². The molecule has 0 aliphatic carbocycles. The van der Waals surface area contributed by atoms with Crippen molar-refractivity contribution in [3.8, 4) is 0 Å². The lowest BCUT2D eigenvalue weighted by atomic mass is 10.1. The fraction of sp³-hybridized carbons (Fsp3) is 0.533. The summed E-state index contributed by atoms with van der Waals surface area (Å²) in [5, 5.41) is 3.15. The van der Waals surface area contributed by atoms with E-state index in [1.54, 1.807) is 0 Å². The van der Waals surface area contributed by atoms with Crippen molar-refractivity contribution in [3.63, 3.8) is 0 Å². The molecule has 1 N–H and O–H groups in total. The summed E-state index contributed by atoms with van der Waals surface area (Å²) >= 11 is 0. The van der Waals surface area contributed by atoms with Gasteiger partial charge < -0.3 is 10.2 Å². The lowest BCUT2D eigenvalue weighted by Crippen LogP contribution is -2.32. The largest absolute Gasteiger partial charge is 0.324 e. The van der Waals surface area contributed by atoms with E-state index in [4.69, 9.17) is 0 Å². The predicted molar refractivity (Wildman–Crippen MR) is 78.8 cm³/mol. The molecule has 0 spiro atoms. The van der Waals surface area contributed by atoms with E-state index in [1.807, 2.05) is 23.9 Å². The molecule has 4 heteroatoms. The highest BCUT2D eigenvalue weighted by Crippen LogP contribution is 2.27. The number of likely N-dealkylation sites (N-methyl/N-ethyl adjacent to an activating group) is 1. The number of nitrogens with one attached hydrogen (secondary N) is 1. The third-order valence-corrected chi connectivity index (χ3v) is 3.86. The van der Waals surface area contributed by atoms with Crippen molar-refractivity contribution in [2.24, 2.45) is 0 Å². The van der Waals surface area contributed by atoms with Gasteiger partial charge in [0.05, 0.1) is 6.04 Å². The van der Waals surface area contributed by atoms with Gasteiger partial charge in [0.1, 0.15) is 0 Å². The van der Waals surface area contributed by atoms with Crippen LogP contribution in [0.4, 0.5) is 10.5 Å². The van der Waals surface area contributed by atoms with Crippen LogP contribution in [0.15, 0.2) is 18.2 Å². The number of benzene rings is 1. The Balaban J connectivity index is 2.21. The van der Waals surface area contributed by atoms with Gasteiger partial charge in [0.15, 0.2) is 0 Å². The molecule has 1 fully saturated rings. The number of aryl methyl sites for hydroxylation is 2. The molecule has 0 radical (unpaired) electrons. The van der Waals surface area contributed by atoms with Crippen LogP contribution in [0.1, 0.15) is 17.5 Å². The number of nitrogens with zero attached hydrogens (tertiary/aromatic N) is 2. The zero-order chi connectivity index (χ0) is 14.0. The van der Waals surface area contributed by atoms with Crippen molar-refractivity contribution >= 4 is 11.7 Å². The van der Waals surface area contributed by atoms with E-state index >= 15 is 0 Å². The van der Waals surface area contributed by atoms with Crippen LogP contribution in [0.3, 0.4) is 0 Å². The quantitative estimate of drug-likeness (QED) is 0.901. The predicted octanol–water partition coefficient (Wildman–Crippen LogP) is 2.15. The van der Waals surface area contributed by atoms with Crippen LogP contribution in [-0.4, -0.2) is 44.2 Å². The highest BCUT2D eigenvalue weighted by molar-refractivity contribution is 5.95. The Morgan fingerprint density at radius 1 is 1.37 bits per heavy atom. The van der Waals surface area contributed by atoms with Crippen LogP contribution < -0.4 is 10.2 Å². The number of amides is 2. The van der Waals surface area contributed by atoms with E-state index in [1.165, 1.54) is 5.56 Å². The molecule has 1 aliphatic rings. The summed E-state index contributed by atoms with van der Waals surface area (Å²) in [5.74, 6) is 0. The van der Waals surface area contributed by atoms with Crippen molar-refractivity contribution in [1.29, 1.82) is 0 Å². The highest BCUT2D eigenvalue weighted by Gasteiger charge is 2.35. The number of hydrogen-bond donors (Lipinski definition) is 1. The number of hydrogen-bond acceptors (Lipinski definition) is 2. The number of carbonyl (C=O) groups excluding carboxylic acids is 1. The van der Waals surface area contributed by atoms with Crippen LogP contribution in [0.5, 0.6) is 0 Å². The van der Waals surface area contributed by atoms with E-state index in [0.29, 0.717) is 6.04 Å². The maximum atomic E-state index is 12.4. The molecule has 1 aromatic carbocycles. The van der Waals surface area contributed by atoms with Crippen molar-refractivity contribution in [2.45, 2.75) is 26.3 Å². The standard InChI is InChI=1S/C15H23N3O/c1-11-5-6-12(2)14(9-11)18-10-13(7-8-16-3)17(4)15(18)19/h5-6,9,13,16H,7-8,10H2,1-4H3. The van der Waals surface area contributed by atoms with Gasteiger partial charge in [-0.25, -0.2) is 4.79 Å². The molecule has 104 valence electrons. The zero-order valence-electron chi connectivity index (χ0n) is 12.2. The average molecular weight is 261 g/mol. The Morgan fingerprint density at radius 3 is 2.79 bits per heavy atom. The van der Waals surface area contributed by atoms with Crippen LogP contribution >= 0.6 is 0 Å². The van der Waals surface area contributed by atoms with Gasteiger partial charge in [0.25, 0.3) is 0 Å². The summed E-state index contributed by atoms with van der Waals surface area (Å²) in [6.07, 6.45) is 0.986. The summed E-state index contributed by atoms with van der Waals surface area (Å²) in [6.45, 7) is 5.83. The molecule has 1 saturated heterocycles. The summed E-state index contributed by atoms with van der Waals surface area (Å²) < 4.78 is 0. The maximum Gasteiger partial charge on any atom is 0.324 e. The molecule has 1 aliphatic heterocycles. The second-order valence-electron chi connectivity index (χ2n) is 5.34. The molecule has 1 unspecified atom stereocenters. The Labute approximate surface area is 115 Å². The third-order valence-electron chi connectivity index (χ3n) is 3.86. The number of rotatable bonds is 4. The van der Waals surface area contributed by atoms with Gasteiger partial charge in [-0.05, 0) is 51.1 Å². The van der Waals surface area contributed by atoms with Gasteiger partial charge in [-0.2, -0.15) is 0 Å². The number of anilines is 1. The van der Waals surface area contributed by atoms with Crippen LogP contribution in [-0.2, 0) is 0 Å². The van der Waals surface area contributed by atoms with Crippen molar-refractivity contribution < 1.29 is 4.79 Å². The monoisotopic (exact) mass is 261 g/mol. The van der Waals surface area contributed by atoms with Crippen molar-refractivity contribution in [3.05, 3.63) is 29.3 Å². The first kappa shape index (κ1) is 13.9. The van der Waals surface area contributed by atoms with Gasteiger partial charge in [0, 0.05) is 19.3 Å². The average Bonchev–Trinajstić information content (AvgIpc) is 2.67. The first-order chi connectivity index (χ1) is 9.04. The first-order valence-electron chi connectivity index (χ1n) is 6.80. The van der Waals surface area contributed by atoms with E-state index in [2.05, 4.69) is 37.4 Å². The molecule has 0 bridgehead atoms. The number of carbonyl (C=O) groups is 1. The lowest BCUT2D eigenvalue weighted by Gasteiger charge is -2.18. The number of urea groups is 1. The molecule has 1 aromatic rings. The second kappa shape index (κ2) is 5.61. The van der Waals surface area contributed by atoms with E-state index in [9.17, 15) is 4.79 Å². The molecule has 19 heavy (non-hydrogen) atoms. The summed E-state index contributed by atoms with van der Waals surface area (Å²) in [7, 11) is 3.84. The van der Waals surface area contributed by atoms with Crippen molar-refractivity contribution in [2.75, 3.05) is 32.1 Å². The molecule has 1 heterocycles. The second-order valence-corrected chi connectivity index (χ2v) is 5.34. The van der Waals surface area contributed by atoms with Crippen molar-refractivity contribution in [1.82, 2.24) is 10.2 Å². The summed E-state index contributed by atoms with van der Waals surface area (Å²) in [6, 6.07) is 6.66. The maximum absolute atomic E-state index is 12.4. The molecular weight excluding hydrogens is 238 g/mol. The highest BCUT2D eigenvalue weighted by atomic mass is 16.2. The lowest BCUT2D eigenvalue weighted by molar-refractivity contribution is 0.217.